The van der Waals surface area contributed by atoms with Crippen LogP contribution >= 0.6 is 11.6 Å². The van der Waals surface area contributed by atoms with E-state index in [2.05, 4.69) is 10.1 Å². The Morgan fingerprint density at radius 1 is 1.21 bits per heavy atom. The molecule has 7 heteroatoms. The normalized spacial score (nSPS) is 10.2. The molecule has 0 saturated heterocycles. The summed E-state index contributed by atoms with van der Waals surface area (Å²) >= 11 is 5.84. The molecule has 2 rings (SSSR count). The summed E-state index contributed by atoms with van der Waals surface area (Å²) in [5.41, 5.74) is 1.36. The van der Waals surface area contributed by atoms with Crippen LogP contribution in [0.2, 0.25) is 5.02 Å². The quantitative estimate of drug-likeness (QED) is 0.836. The summed E-state index contributed by atoms with van der Waals surface area (Å²) in [6.07, 6.45) is 0. The lowest BCUT2D eigenvalue weighted by Gasteiger charge is -2.11. The van der Waals surface area contributed by atoms with Gasteiger partial charge in [-0.1, -0.05) is 17.7 Å². The molecule has 126 valence electrons. The molecule has 2 aromatic carbocycles. The molecule has 0 atom stereocenters. The van der Waals surface area contributed by atoms with Crippen LogP contribution in [0.15, 0.2) is 36.4 Å². The number of anilines is 1. The van der Waals surface area contributed by atoms with Crippen LogP contribution in [0.3, 0.4) is 0 Å². The molecule has 0 aliphatic rings. The van der Waals surface area contributed by atoms with E-state index in [0.29, 0.717) is 11.3 Å². The summed E-state index contributed by atoms with van der Waals surface area (Å²) in [7, 11) is 1.28. The van der Waals surface area contributed by atoms with Crippen molar-refractivity contribution in [3.63, 3.8) is 0 Å². The van der Waals surface area contributed by atoms with Gasteiger partial charge in [0.15, 0.2) is 6.61 Å². The third-order valence-corrected chi connectivity index (χ3v) is 3.49. The average molecular weight is 352 g/mol. The molecular formula is C17H15ClFNO4. The number of hydrogen-bond acceptors (Lipinski definition) is 4. The zero-order valence-corrected chi connectivity index (χ0v) is 13.8. The zero-order chi connectivity index (χ0) is 17.7. The second-order valence-corrected chi connectivity index (χ2v) is 5.34. The van der Waals surface area contributed by atoms with E-state index >= 15 is 0 Å². The van der Waals surface area contributed by atoms with Crippen LogP contribution < -0.4 is 10.1 Å². The van der Waals surface area contributed by atoms with E-state index in [9.17, 15) is 14.0 Å². The molecule has 5 nitrogen and oxygen atoms in total. The molecule has 24 heavy (non-hydrogen) atoms. The van der Waals surface area contributed by atoms with E-state index < -0.39 is 17.7 Å². The monoisotopic (exact) mass is 351 g/mol. The number of rotatable bonds is 5. The highest BCUT2D eigenvalue weighted by atomic mass is 35.5. The van der Waals surface area contributed by atoms with E-state index in [-0.39, 0.29) is 17.3 Å². The smallest absolute Gasteiger partial charge is 0.337 e. The minimum atomic E-state index is -0.498. The molecule has 0 heterocycles. The maximum Gasteiger partial charge on any atom is 0.337 e. The second-order valence-electron chi connectivity index (χ2n) is 4.93. The first kappa shape index (κ1) is 17.7. The fourth-order valence-electron chi connectivity index (χ4n) is 1.92. The maximum atomic E-state index is 13.0. The molecule has 0 aliphatic heterocycles. The Labute approximate surface area is 143 Å². The molecule has 0 fully saturated rings. The number of esters is 1. The number of amides is 1. The SMILES string of the molecule is COC(=O)c1ccc(C)c(OCC(=O)Nc2ccc(F)cc2Cl)c1. The molecule has 0 aliphatic carbocycles. The van der Waals surface area contributed by atoms with Gasteiger partial charge in [0, 0.05) is 0 Å². The summed E-state index contributed by atoms with van der Waals surface area (Å²) < 4.78 is 23.0. The summed E-state index contributed by atoms with van der Waals surface area (Å²) in [4.78, 5) is 23.4. The Morgan fingerprint density at radius 3 is 2.62 bits per heavy atom. The predicted octanol–water partition coefficient (Wildman–Crippen LogP) is 3.59. The van der Waals surface area contributed by atoms with Crippen molar-refractivity contribution in [2.24, 2.45) is 0 Å². The first-order valence-corrected chi connectivity index (χ1v) is 7.35. The van der Waals surface area contributed by atoms with E-state index in [1.807, 2.05) is 0 Å². The van der Waals surface area contributed by atoms with Gasteiger partial charge in [-0.3, -0.25) is 4.79 Å². The number of carbonyl (C=O) groups is 2. The average Bonchev–Trinajstić information content (AvgIpc) is 2.56. The largest absolute Gasteiger partial charge is 0.483 e. The van der Waals surface area contributed by atoms with Crippen LogP contribution in [0.4, 0.5) is 10.1 Å². The van der Waals surface area contributed by atoms with Gasteiger partial charge >= 0.3 is 5.97 Å². The highest BCUT2D eigenvalue weighted by molar-refractivity contribution is 6.33. The molecule has 2 aromatic rings. The lowest BCUT2D eigenvalue weighted by atomic mass is 10.1. The summed E-state index contributed by atoms with van der Waals surface area (Å²) in [5, 5.41) is 2.61. The van der Waals surface area contributed by atoms with Gasteiger partial charge < -0.3 is 14.8 Å². The number of aryl methyl sites for hydroxylation is 1. The van der Waals surface area contributed by atoms with Crippen molar-refractivity contribution in [3.05, 3.63) is 58.4 Å². The number of halogens is 2. The van der Waals surface area contributed by atoms with Gasteiger partial charge in [0.2, 0.25) is 0 Å². The second kappa shape index (κ2) is 7.79. The molecule has 0 unspecified atom stereocenters. The highest BCUT2D eigenvalue weighted by Gasteiger charge is 2.11. The van der Waals surface area contributed by atoms with E-state index in [4.69, 9.17) is 16.3 Å². The van der Waals surface area contributed by atoms with E-state index in [1.165, 1.54) is 25.3 Å². The lowest BCUT2D eigenvalue weighted by molar-refractivity contribution is -0.118. The predicted molar refractivity (Wildman–Crippen MR) is 88.1 cm³/mol. The number of carbonyl (C=O) groups excluding carboxylic acids is 2. The van der Waals surface area contributed by atoms with Crippen LogP contribution in [0.1, 0.15) is 15.9 Å². The van der Waals surface area contributed by atoms with Crippen LogP contribution in [-0.4, -0.2) is 25.6 Å². The van der Waals surface area contributed by atoms with Crippen molar-refractivity contribution in [1.29, 1.82) is 0 Å². The third-order valence-electron chi connectivity index (χ3n) is 3.17. The van der Waals surface area contributed by atoms with Crippen molar-refractivity contribution in [2.75, 3.05) is 19.0 Å². The Hall–Kier alpha value is -2.60. The third kappa shape index (κ3) is 4.45. The molecule has 1 N–H and O–H groups in total. The van der Waals surface area contributed by atoms with Gasteiger partial charge in [-0.05, 0) is 42.8 Å². The lowest BCUT2D eigenvalue weighted by Crippen LogP contribution is -2.20. The Bertz CT molecular complexity index is 779. The minimum Gasteiger partial charge on any atom is -0.483 e. The fourth-order valence-corrected chi connectivity index (χ4v) is 2.14. The molecule has 0 spiro atoms. The van der Waals surface area contributed by atoms with Gasteiger partial charge in [0.05, 0.1) is 23.4 Å². The summed E-state index contributed by atoms with van der Waals surface area (Å²) in [6.45, 7) is 1.49. The maximum absolute atomic E-state index is 13.0. The van der Waals surface area contributed by atoms with Crippen molar-refractivity contribution in [3.8, 4) is 5.75 Å². The number of nitrogens with one attached hydrogen (secondary N) is 1. The Kier molecular flexibility index (Phi) is 5.76. The number of benzene rings is 2. The van der Waals surface area contributed by atoms with Crippen molar-refractivity contribution in [1.82, 2.24) is 0 Å². The fraction of sp³-hybridized carbons (Fsp3) is 0.176. The van der Waals surface area contributed by atoms with Gasteiger partial charge in [-0.15, -0.1) is 0 Å². The van der Waals surface area contributed by atoms with Crippen molar-refractivity contribution < 1.29 is 23.5 Å². The van der Waals surface area contributed by atoms with Gasteiger partial charge in [0.1, 0.15) is 11.6 Å². The molecule has 0 bridgehead atoms. The molecule has 0 saturated carbocycles. The van der Waals surface area contributed by atoms with Crippen LogP contribution in [0.5, 0.6) is 5.75 Å². The van der Waals surface area contributed by atoms with E-state index in [1.54, 1.807) is 19.1 Å². The number of ether oxygens (including phenoxy) is 2. The molecule has 0 radical (unpaired) electrons. The van der Waals surface area contributed by atoms with Gasteiger partial charge in [-0.2, -0.15) is 0 Å². The van der Waals surface area contributed by atoms with Gasteiger partial charge in [0.25, 0.3) is 5.91 Å². The van der Waals surface area contributed by atoms with Gasteiger partial charge in [-0.25, -0.2) is 9.18 Å². The summed E-state index contributed by atoms with van der Waals surface area (Å²) in [5.74, 6) is -1.07. The number of hydrogen-bond donors (Lipinski definition) is 1. The molecular weight excluding hydrogens is 337 g/mol. The Morgan fingerprint density at radius 2 is 1.96 bits per heavy atom. The van der Waals surface area contributed by atoms with Crippen LogP contribution in [0.25, 0.3) is 0 Å². The van der Waals surface area contributed by atoms with Crippen LogP contribution in [-0.2, 0) is 9.53 Å². The van der Waals surface area contributed by atoms with E-state index in [0.717, 1.165) is 11.6 Å². The topological polar surface area (TPSA) is 64.6 Å². The van der Waals surface area contributed by atoms with Crippen LogP contribution in [0, 0.1) is 12.7 Å². The molecule has 0 aromatic heterocycles. The van der Waals surface area contributed by atoms with Crippen molar-refractivity contribution in [2.45, 2.75) is 6.92 Å². The first-order chi connectivity index (χ1) is 11.4. The summed E-state index contributed by atoms with van der Waals surface area (Å²) in [6, 6.07) is 8.44. The van der Waals surface area contributed by atoms with Crippen molar-refractivity contribution >= 4 is 29.2 Å². The Balaban J connectivity index is 2.02. The highest BCUT2D eigenvalue weighted by Crippen LogP contribution is 2.23. The first-order valence-electron chi connectivity index (χ1n) is 6.97. The standard InChI is InChI=1S/C17H15ClFNO4/c1-10-3-4-11(17(22)23-2)7-15(10)24-9-16(21)20-14-6-5-12(19)8-13(14)18/h3-8H,9H2,1-2H3,(H,20,21). The minimum absolute atomic E-state index is 0.0900. The number of methoxy groups -OCH3 is 1. The molecule has 1 amide bonds. The zero-order valence-electron chi connectivity index (χ0n) is 13.1.